The number of halogens is 2. The van der Waals surface area contributed by atoms with Crippen molar-refractivity contribution in [2.75, 3.05) is 19.8 Å². The van der Waals surface area contributed by atoms with Gasteiger partial charge in [-0.2, -0.15) is 0 Å². The number of hydrogen-bond donors (Lipinski definition) is 0. The number of hydrogen-bond acceptors (Lipinski definition) is 4. The average Bonchev–Trinajstić information content (AvgIpc) is 2.24. The minimum absolute atomic E-state index is 0.0611. The second kappa shape index (κ2) is 8.97. The first-order valence-corrected chi connectivity index (χ1v) is 5.95. The van der Waals surface area contributed by atoms with Crippen molar-refractivity contribution in [3.05, 3.63) is 0 Å². The number of carbonyl (C=O) groups is 2. The van der Waals surface area contributed by atoms with E-state index in [1.165, 1.54) is 0 Å². The van der Waals surface area contributed by atoms with E-state index in [4.69, 9.17) is 4.74 Å². The summed E-state index contributed by atoms with van der Waals surface area (Å²) in [5.74, 6) is -1.93. The SMILES string of the molecule is CCOC(=O)C(C(=O)CCOCC(F)F)C(C)C. The summed E-state index contributed by atoms with van der Waals surface area (Å²) in [7, 11) is 0. The predicted molar refractivity (Wildman–Crippen MR) is 61.4 cm³/mol. The first-order chi connectivity index (χ1) is 8.40. The minimum atomic E-state index is -2.55. The Bertz CT molecular complexity index is 267. The van der Waals surface area contributed by atoms with E-state index in [0.29, 0.717) is 0 Å². The molecule has 0 amide bonds. The molecule has 6 heteroatoms. The highest BCUT2D eigenvalue weighted by molar-refractivity contribution is 5.99. The van der Waals surface area contributed by atoms with Crippen LogP contribution in [0.1, 0.15) is 27.2 Å². The van der Waals surface area contributed by atoms with E-state index in [1.54, 1.807) is 20.8 Å². The van der Waals surface area contributed by atoms with Gasteiger partial charge in [0.1, 0.15) is 18.3 Å². The van der Waals surface area contributed by atoms with Crippen LogP contribution < -0.4 is 0 Å². The van der Waals surface area contributed by atoms with Crippen LogP contribution in [0.5, 0.6) is 0 Å². The van der Waals surface area contributed by atoms with Crippen molar-refractivity contribution in [3.8, 4) is 0 Å². The molecule has 1 unspecified atom stereocenters. The van der Waals surface area contributed by atoms with E-state index in [-0.39, 0.29) is 31.3 Å². The maximum atomic E-state index is 11.8. The zero-order valence-corrected chi connectivity index (χ0v) is 10.9. The summed E-state index contributed by atoms with van der Waals surface area (Å²) in [4.78, 5) is 23.3. The maximum absolute atomic E-state index is 11.8. The molecule has 0 rings (SSSR count). The molecular formula is C12H20F2O4. The molecule has 0 aliphatic rings. The van der Waals surface area contributed by atoms with Crippen LogP contribution in [0.25, 0.3) is 0 Å². The quantitative estimate of drug-likeness (QED) is 0.364. The Balaban J connectivity index is 4.19. The summed E-state index contributed by atoms with van der Waals surface area (Å²) in [6.07, 6.45) is -2.61. The number of ketones is 1. The van der Waals surface area contributed by atoms with E-state index in [2.05, 4.69) is 4.74 Å². The maximum Gasteiger partial charge on any atom is 0.316 e. The number of esters is 1. The van der Waals surface area contributed by atoms with Crippen molar-refractivity contribution < 1.29 is 27.8 Å². The van der Waals surface area contributed by atoms with Crippen molar-refractivity contribution in [3.63, 3.8) is 0 Å². The Morgan fingerprint density at radius 1 is 1.22 bits per heavy atom. The average molecular weight is 266 g/mol. The van der Waals surface area contributed by atoms with Crippen LogP contribution in [-0.4, -0.2) is 38.0 Å². The molecule has 1 atom stereocenters. The van der Waals surface area contributed by atoms with Crippen molar-refractivity contribution in [2.24, 2.45) is 11.8 Å². The number of ether oxygens (including phenoxy) is 2. The first-order valence-electron chi connectivity index (χ1n) is 5.95. The predicted octanol–water partition coefficient (Wildman–Crippen LogP) is 2.06. The second-order valence-corrected chi connectivity index (χ2v) is 4.16. The molecule has 0 aromatic heterocycles. The molecule has 0 aromatic rings. The van der Waals surface area contributed by atoms with Gasteiger partial charge in [0.2, 0.25) is 0 Å². The topological polar surface area (TPSA) is 52.6 Å². The Kier molecular flexibility index (Phi) is 8.45. The molecule has 0 saturated carbocycles. The summed E-state index contributed by atoms with van der Waals surface area (Å²) in [6, 6.07) is 0. The summed E-state index contributed by atoms with van der Waals surface area (Å²) in [5.41, 5.74) is 0. The highest BCUT2D eigenvalue weighted by atomic mass is 19.3. The molecule has 0 aromatic carbocycles. The van der Waals surface area contributed by atoms with Gasteiger partial charge in [-0.15, -0.1) is 0 Å². The van der Waals surface area contributed by atoms with Gasteiger partial charge in [-0.1, -0.05) is 13.8 Å². The second-order valence-electron chi connectivity index (χ2n) is 4.16. The first kappa shape index (κ1) is 17.0. The summed E-state index contributed by atoms with van der Waals surface area (Å²) in [6.45, 7) is 4.53. The van der Waals surface area contributed by atoms with Crippen molar-refractivity contribution in [2.45, 2.75) is 33.6 Å². The molecule has 0 aliphatic heterocycles. The Hall–Kier alpha value is -1.04. The molecule has 0 fully saturated rings. The number of Topliss-reactive ketones (excluding diaryl/α,β-unsaturated/α-hetero) is 1. The molecule has 0 aliphatic carbocycles. The highest BCUT2D eigenvalue weighted by Crippen LogP contribution is 2.16. The molecule has 0 saturated heterocycles. The minimum Gasteiger partial charge on any atom is -0.465 e. The lowest BCUT2D eigenvalue weighted by molar-refractivity contribution is -0.153. The van der Waals surface area contributed by atoms with Gasteiger partial charge in [-0.25, -0.2) is 8.78 Å². The molecule has 106 valence electrons. The van der Waals surface area contributed by atoms with E-state index >= 15 is 0 Å². The number of carbonyl (C=O) groups excluding carboxylic acids is 2. The van der Waals surface area contributed by atoms with Gasteiger partial charge in [0.05, 0.1) is 13.2 Å². The Labute approximate surface area is 106 Å². The normalized spacial score (nSPS) is 12.8. The fourth-order valence-electron chi connectivity index (χ4n) is 1.51. The van der Waals surface area contributed by atoms with Crippen LogP contribution in [0.4, 0.5) is 8.78 Å². The summed E-state index contributed by atoms with van der Waals surface area (Å²) in [5, 5.41) is 0. The van der Waals surface area contributed by atoms with Gasteiger partial charge < -0.3 is 9.47 Å². The lowest BCUT2D eigenvalue weighted by Crippen LogP contribution is -2.31. The van der Waals surface area contributed by atoms with E-state index in [1.807, 2.05) is 0 Å². The van der Waals surface area contributed by atoms with Crippen LogP contribution in [-0.2, 0) is 19.1 Å². The third kappa shape index (κ3) is 6.64. The molecule has 0 bridgehead atoms. The van der Waals surface area contributed by atoms with Gasteiger partial charge in [-0.05, 0) is 12.8 Å². The third-order valence-corrected chi connectivity index (χ3v) is 2.29. The van der Waals surface area contributed by atoms with E-state index in [9.17, 15) is 18.4 Å². The standard InChI is InChI=1S/C12H20F2O4/c1-4-18-12(16)11(8(2)3)9(15)5-6-17-7-10(13)14/h8,10-11H,4-7H2,1-3H3. The zero-order chi connectivity index (χ0) is 14.1. The van der Waals surface area contributed by atoms with Crippen molar-refractivity contribution in [1.82, 2.24) is 0 Å². The fourth-order valence-corrected chi connectivity index (χ4v) is 1.51. The third-order valence-electron chi connectivity index (χ3n) is 2.29. The van der Waals surface area contributed by atoms with Crippen molar-refractivity contribution in [1.29, 1.82) is 0 Å². The van der Waals surface area contributed by atoms with Gasteiger partial charge in [0.15, 0.2) is 0 Å². The Morgan fingerprint density at radius 2 is 1.83 bits per heavy atom. The van der Waals surface area contributed by atoms with Gasteiger partial charge in [0.25, 0.3) is 6.43 Å². The van der Waals surface area contributed by atoms with Crippen LogP contribution in [0.15, 0.2) is 0 Å². The van der Waals surface area contributed by atoms with Crippen LogP contribution >= 0.6 is 0 Å². The molecule has 0 spiro atoms. The fraction of sp³-hybridized carbons (Fsp3) is 0.833. The lowest BCUT2D eigenvalue weighted by Gasteiger charge is -2.17. The van der Waals surface area contributed by atoms with Crippen LogP contribution in [0, 0.1) is 11.8 Å². The zero-order valence-electron chi connectivity index (χ0n) is 10.9. The smallest absolute Gasteiger partial charge is 0.316 e. The molecular weight excluding hydrogens is 246 g/mol. The van der Waals surface area contributed by atoms with Gasteiger partial charge >= 0.3 is 5.97 Å². The molecule has 4 nitrogen and oxygen atoms in total. The summed E-state index contributed by atoms with van der Waals surface area (Å²) < 4.78 is 33.0. The lowest BCUT2D eigenvalue weighted by atomic mass is 9.90. The molecule has 0 heterocycles. The highest BCUT2D eigenvalue weighted by Gasteiger charge is 2.30. The van der Waals surface area contributed by atoms with E-state index < -0.39 is 24.9 Å². The van der Waals surface area contributed by atoms with Crippen molar-refractivity contribution >= 4 is 11.8 Å². The molecule has 18 heavy (non-hydrogen) atoms. The molecule has 0 N–H and O–H groups in total. The summed E-state index contributed by atoms with van der Waals surface area (Å²) >= 11 is 0. The van der Waals surface area contributed by atoms with Gasteiger partial charge in [-0.3, -0.25) is 9.59 Å². The van der Waals surface area contributed by atoms with Gasteiger partial charge in [0, 0.05) is 6.42 Å². The largest absolute Gasteiger partial charge is 0.465 e. The van der Waals surface area contributed by atoms with Crippen LogP contribution in [0.3, 0.4) is 0 Å². The monoisotopic (exact) mass is 266 g/mol. The molecule has 0 radical (unpaired) electrons. The van der Waals surface area contributed by atoms with Crippen LogP contribution in [0.2, 0.25) is 0 Å². The number of alkyl halides is 2. The number of rotatable bonds is 9. The van der Waals surface area contributed by atoms with E-state index in [0.717, 1.165) is 0 Å². The Morgan fingerprint density at radius 3 is 2.28 bits per heavy atom.